The summed E-state index contributed by atoms with van der Waals surface area (Å²) < 4.78 is 11.8. The molecule has 0 aliphatic carbocycles. The minimum absolute atomic E-state index is 0.00164. The van der Waals surface area contributed by atoms with E-state index >= 15 is 0 Å². The van der Waals surface area contributed by atoms with Crippen molar-refractivity contribution in [1.29, 1.82) is 0 Å². The van der Waals surface area contributed by atoms with Crippen molar-refractivity contribution in [2.24, 2.45) is 11.8 Å². The molecule has 0 saturated carbocycles. The minimum Gasteiger partial charge on any atom is -0.461 e. The summed E-state index contributed by atoms with van der Waals surface area (Å²) in [5.74, 6) is -2.58. The van der Waals surface area contributed by atoms with E-state index in [1.807, 2.05) is 20.8 Å². The number of alkyl halides is 1. The molecular formula is C24H35BrN2O6. The molecule has 3 aliphatic rings. The van der Waals surface area contributed by atoms with E-state index in [-0.39, 0.29) is 29.9 Å². The molecule has 0 aromatic carbocycles. The first-order valence-corrected chi connectivity index (χ1v) is 12.4. The van der Waals surface area contributed by atoms with Crippen molar-refractivity contribution in [3.63, 3.8) is 0 Å². The second kappa shape index (κ2) is 9.88. The van der Waals surface area contributed by atoms with Gasteiger partial charge in [0, 0.05) is 30.1 Å². The van der Waals surface area contributed by atoms with Crippen molar-refractivity contribution in [3.8, 4) is 0 Å². The summed E-state index contributed by atoms with van der Waals surface area (Å²) in [5, 5.41) is 9.25. The van der Waals surface area contributed by atoms with Gasteiger partial charge in [0.15, 0.2) is 0 Å². The first kappa shape index (κ1) is 25.9. The van der Waals surface area contributed by atoms with E-state index in [0.717, 1.165) is 0 Å². The Morgan fingerprint density at radius 1 is 1.33 bits per heavy atom. The van der Waals surface area contributed by atoms with Gasteiger partial charge in [-0.25, -0.2) is 0 Å². The molecule has 184 valence electrons. The summed E-state index contributed by atoms with van der Waals surface area (Å²) in [6.45, 7) is 13.9. The molecule has 0 aromatic rings. The SMILES string of the molecule is C=CCOC(=O)[C@H]1[C@@H]2OC3(CC2Br)C(C(=O)N(CC=C)C(C)(C)C)N(CCCCO)C(=O)[C@H]13. The fourth-order valence-corrected chi connectivity index (χ4v) is 6.46. The maximum absolute atomic E-state index is 14.1. The largest absolute Gasteiger partial charge is 0.461 e. The number of esters is 1. The number of unbranched alkanes of at least 4 members (excludes halogenated alkanes) is 1. The van der Waals surface area contributed by atoms with Crippen LogP contribution in [0.15, 0.2) is 25.3 Å². The highest BCUT2D eigenvalue weighted by molar-refractivity contribution is 9.09. The molecule has 2 amide bonds. The van der Waals surface area contributed by atoms with Crippen LogP contribution in [-0.4, -0.2) is 87.1 Å². The minimum atomic E-state index is -1.12. The van der Waals surface area contributed by atoms with Crippen LogP contribution in [-0.2, 0) is 23.9 Å². The lowest BCUT2D eigenvalue weighted by atomic mass is 9.70. The maximum atomic E-state index is 14.1. The van der Waals surface area contributed by atoms with Gasteiger partial charge < -0.3 is 24.4 Å². The molecule has 2 bridgehead atoms. The lowest BCUT2D eigenvalue weighted by Crippen LogP contribution is -2.60. The van der Waals surface area contributed by atoms with E-state index < -0.39 is 41.1 Å². The fraction of sp³-hybridized carbons (Fsp3) is 0.708. The van der Waals surface area contributed by atoms with Gasteiger partial charge in [0.25, 0.3) is 0 Å². The number of carbonyl (C=O) groups is 3. The zero-order chi connectivity index (χ0) is 24.6. The molecule has 3 rings (SSSR count). The molecule has 0 radical (unpaired) electrons. The highest BCUT2D eigenvalue weighted by Gasteiger charge is 2.77. The lowest BCUT2D eigenvalue weighted by Gasteiger charge is -2.42. The van der Waals surface area contributed by atoms with Crippen LogP contribution >= 0.6 is 15.9 Å². The van der Waals surface area contributed by atoms with Crippen LogP contribution in [0.2, 0.25) is 0 Å². The Morgan fingerprint density at radius 2 is 2.03 bits per heavy atom. The van der Waals surface area contributed by atoms with Gasteiger partial charge in [0.2, 0.25) is 11.8 Å². The van der Waals surface area contributed by atoms with Gasteiger partial charge in [-0.2, -0.15) is 0 Å². The Hall–Kier alpha value is -1.71. The third-order valence-corrected chi connectivity index (χ3v) is 7.68. The molecule has 1 spiro atoms. The van der Waals surface area contributed by atoms with Crippen LogP contribution in [0.4, 0.5) is 0 Å². The Bertz CT molecular complexity index is 811. The molecule has 33 heavy (non-hydrogen) atoms. The highest BCUT2D eigenvalue weighted by Crippen LogP contribution is 2.60. The van der Waals surface area contributed by atoms with Gasteiger partial charge >= 0.3 is 5.97 Å². The zero-order valence-electron chi connectivity index (χ0n) is 19.7. The number of amides is 2. The average Bonchev–Trinajstić information content (AvgIpc) is 3.33. The smallest absolute Gasteiger partial charge is 0.312 e. The Balaban J connectivity index is 2.05. The maximum Gasteiger partial charge on any atom is 0.312 e. The van der Waals surface area contributed by atoms with E-state index in [0.29, 0.717) is 32.4 Å². The molecular weight excluding hydrogens is 492 g/mol. The Morgan fingerprint density at radius 3 is 2.61 bits per heavy atom. The van der Waals surface area contributed by atoms with Gasteiger partial charge in [-0.3, -0.25) is 14.4 Å². The Kier molecular flexibility index (Phi) is 7.75. The van der Waals surface area contributed by atoms with Gasteiger partial charge in [0.05, 0.1) is 17.9 Å². The second-order valence-corrected chi connectivity index (χ2v) is 11.1. The number of fused-ring (bicyclic) bond motifs is 1. The zero-order valence-corrected chi connectivity index (χ0v) is 21.3. The van der Waals surface area contributed by atoms with Crippen LogP contribution in [0.1, 0.15) is 40.0 Å². The first-order chi connectivity index (χ1) is 15.5. The van der Waals surface area contributed by atoms with E-state index in [1.54, 1.807) is 15.9 Å². The van der Waals surface area contributed by atoms with E-state index in [2.05, 4.69) is 29.1 Å². The third kappa shape index (κ3) is 4.39. The monoisotopic (exact) mass is 526 g/mol. The molecule has 3 aliphatic heterocycles. The number of hydrogen-bond acceptors (Lipinski definition) is 6. The summed E-state index contributed by atoms with van der Waals surface area (Å²) in [7, 11) is 0. The number of nitrogens with zero attached hydrogens (tertiary/aromatic N) is 2. The highest BCUT2D eigenvalue weighted by atomic mass is 79.9. The topological polar surface area (TPSA) is 96.4 Å². The van der Waals surface area contributed by atoms with Crippen molar-refractivity contribution >= 4 is 33.7 Å². The lowest BCUT2D eigenvalue weighted by molar-refractivity contribution is -0.154. The molecule has 3 unspecified atom stereocenters. The molecule has 3 fully saturated rings. The quantitative estimate of drug-likeness (QED) is 0.202. The predicted molar refractivity (Wildman–Crippen MR) is 127 cm³/mol. The number of carbonyl (C=O) groups excluding carboxylic acids is 3. The van der Waals surface area contributed by atoms with Crippen molar-refractivity contribution in [2.75, 3.05) is 26.3 Å². The van der Waals surface area contributed by atoms with Gasteiger partial charge in [-0.05, 0) is 40.0 Å². The van der Waals surface area contributed by atoms with Crippen LogP contribution in [0, 0.1) is 11.8 Å². The molecule has 8 nitrogen and oxygen atoms in total. The Labute approximate surface area is 204 Å². The standard InChI is InChI=1S/C24H35BrN2O6/c1-6-10-27(23(3,4)5)21(30)19-24-14-15(25)18(33-24)16(22(31)32-13-7-2)17(24)20(29)26(19)11-8-9-12-28/h6-7,15-19,28H,1-2,8-14H2,3-5H3/t15?,16-,17+,18-,19?,24?/m1/s1. The van der Waals surface area contributed by atoms with Crippen LogP contribution in [0.25, 0.3) is 0 Å². The predicted octanol–water partition coefficient (Wildman–Crippen LogP) is 2.05. The van der Waals surface area contributed by atoms with Crippen LogP contribution in [0.5, 0.6) is 0 Å². The number of ether oxygens (including phenoxy) is 2. The average molecular weight is 527 g/mol. The summed E-state index contributed by atoms with van der Waals surface area (Å²) >= 11 is 3.63. The van der Waals surface area contributed by atoms with Crippen molar-refractivity contribution in [1.82, 2.24) is 9.80 Å². The molecule has 1 N–H and O–H groups in total. The van der Waals surface area contributed by atoms with Crippen molar-refractivity contribution in [2.45, 2.75) is 68.1 Å². The molecule has 3 heterocycles. The number of rotatable bonds is 10. The third-order valence-electron chi connectivity index (χ3n) is 6.83. The summed E-state index contributed by atoms with van der Waals surface area (Å²) in [6.07, 6.45) is 4.09. The van der Waals surface area contributed by atoms with Gasteiger partial charge in [-0.1, -0.05) is 34.7 Å². The van der Waals surface area contributed by atoms with Crippen molar-refractivity contribution in [3.05, 3.63) is 25.3 Å². The molecule has 3 saturated heterocycles. The second-order valence-electron chi connectivity index (χ2n) is 9.95. The van der Waals surface area contributed by atoms with E-state index in [4.69, 9.17) is 9.47 Å². The number of hydrogen-bond donors (Lipinski definition) is 1. The van der Waals surface area contributed by atoms with Crippen LogP contribution < -0.4 is 0 Å². The van der Waals surface area contributed by atoms with E-state index in [1.165, 1.54) is 6.08 Å². The number of likely N-dealkylation sites (tertiary alicyclic amines) is 1. The van der Waals surface area contributed by atoms with Crippen molar-refractivity contribution < 1.29 is 29.0 Å². The number of halogens is 1. The summed E-state index contributed by atoms with van der Waals surface area (Å²) in [4.78, 5) is 43.9. The first-order valence-electron chi connectivity index (χ1n) is 11.5. The van der Waals surface area contributed by atoms with Gasteiger partial charge in [-0.15, -0.1) is 6.58 Å². The van der Waals surface area contributed by atoms with Crippen LogP contribution in [0.3, 0.4) is 0 Å². The summed E-state index contributed by atoms with van der Waals surface area (Å²) in [5.41, 5.74) is -1.62. The number of aliphatic hydroxyl groups excluding tert-OH is 1. The molecule has 9 heteroatoms. The molecule has 6 atom stereocenters. The molecule has 0 aromatic heterocycles. The summed E-state index contributed by atoms with van der Waals surface area (Å²) in [6, 6.07) is -0.866. The van der Waals surface area contributed by atoms with E-state index in [9.17, 15) is 19.5 Å². The number of aliphatic hydroxyl groups is 1. The normalized spacial score (nSPS) is 32.6. The van der Waals surface area contributed by atoms with Gasteiger partial charge in [0.1, 0.15) is 18.2 Å². The fourth-order valence-electron chi connectivity index (χ4n) is 5.52.